The second kappa shape index (κ2) is 10.2. The minimum atomic E-state index is 0.0740. The van der Waals surface area contributed by atoms with Gasteiger partial charge in [-0.05, 0) is 31.0 Å². The molecule has 5 nitrogen and oxygen atoms in total. The number of benzene rings is 2. The second-order valence-corrected chi connectivity index (χ2v) is 8.61. The van der Waals surface area contributed by atoms with Gasteiger partial charge in [0.2, 0.25) is 0 Å². The highest BCUT2D eigenvalue weighted by atomic mass is 35.5. The fraction of sp³-hybridized carbons (Fsp3) is 0.308. The molecule has 0 bridgehead atoms. The van der Waals surface area contributed by atoms with Crippen molar-refractivity contribution in [3.05, 3.63) is 93.8 Å². The largest absolute Gasteiger partial charge is 0.336 e. The molecule has 0 atom stereocenters. The number of carbonyl (C=O) groups excluding carboxylic acids is 1. The topological polar surface area (TPSA) is 41.4 Å². The lowest BCUT2D eigenvalue weighted by Crippen LogP contribution is -2.48. The van der Waals surface area contributed by atoms with Crippen molar-refractivity contribution in [3.8, 4) is 0 Å². The number of rotatable bonds is 6. The SMILES string of the molecule is Cc1nn(Cc2ccccc2Cl)c(C)c1C(=O)N1CCN(C/C=C/c2ccccc2)CC1. The summed E-state index contributed by atoms with van der Waals surface area (Å²) in [6, 6.07) is 18.1. The monoisotopic (exact) mass is 448 g/mol. The van der Waals surface area contributed by atoms with E-state index < -0.39 is 0 Å². The van der Waals surface area contributed by atoms with Crippen LogP contribution in [0.1, 0.15) is 32.9 Å². The molecule has 6 heteroatoms. The Balaban J connectivity index is 1.36. The van der Waals surface area contributed by atoms with Crippen LogP contribution in [0.25, 0.3) is 6.08 Å². The molecule has 166 valence electrons. The summed E-state index contributed by atoms with van der Waals surface area (Å²) < 4.78 is 1.88. The Kier molecular flexibility index (Phi) is 7.08. The van der Waals surface area contributed by atoms with Crippen molar-refractivity contribution in [1.29, 1.82) is 0 Å². The number of piperazine rings is 1. The number of hydrogen-bond donors (Lipinski definition) is 0. The summed E-state index contributed by atoms with van der Waals surface area (Å²) >= 11 is 6.32. The van der Waals surface area contributed by atoms with Crippen LogP contribution in [0.15, 0.2) is 60.7 Å². The Morgan fingerprint density at radius 3 is 2.41 bits per heavy atom. The summed E-state index contributed by atoms with van der Waals surface area (Å²) in [6.45, 7) is 8.53. The molecule has 3 aromatic rings. The van der Waals surface area contributed by atoms with Gasteiger partial charge in [0.25, 0.3) is 5.91 Å². The molecule has 0 N–H and O–H groups in total. The molecule has 4 rings (SSSR count). The normalized spacial score (nSPS) is 14.9. The molecule has 0 spiro atoms. The molecule has 32 heavy (non-hydrogen) atoms. The molecule has 1 saturated heterocycles. The fourth-order valence-electron chi connectivity index (χ4n) is 4.14. The Morgan fingerprint density at radius 1 is 1.00 bits per heavy atom. The van der Waals surface area contributed by atoms with E-state index in [2.05, 4.69) is 34.3 Å². The van der Waals surface area contributed by atoms with Crippen LogP contribution in [0.3, 0.4) is 0 Å². The summed E-state index contributed by atoms with van der Waals surface area (Å²) in [6.07, 6.45) is 4.34. The van der Waals surface area contributed by atoms with Crippen LogP contribution in [0.2, 0.25) is 5.02 Å². The lowest BCUT2D eigenvalue weighted by atomic mass is 10.1. The lowest BCUT2D eigenvalue weighted by molar-refractivity contribution is 0.0648. The number of hydrogen-bond acceptors (Lipinski definition) is 3. The van der Waals surface area contributed by atoms with Gasteiger partial charge >= 0.3 is 0 Å². The molecular formula is C26H29ClN4O. The highest BCUT2D eigenvalue weighted by Gasteiger charge is 2.26. The third-order valence-corrected chi connectivity index (χ3v) is 6.38. The van der Waals surface area contributed by atoms with E-state index in [9.17, 15) is 4.79 Å². The first kappa shape index (κ1) is 22.3. The van der Waals surface area contributed by atoms with E-state index in [0.717, 1.165) is 55.2 Å². The highest BCUT2D eigenvalue weighted by Crippen LogP contribution is 2.21. The molecule has 1 amide bonds. The first-order valence-corrected chi connectivity index (χ1v) is 11.4. The number of aryl methyl sites for hydroxylation is 1. The van der Waals surface area contributed by atoms with Crippen LogP contribution in [0.5, 0.6) is 0 Å². The Hall–Kier alpha value is -2.89. The maximum Gasteiger partial charge on any atom is 0.257 e. The van der Waals surface area contributed by atoms with Gasteiger partial charge in [-0.15, -0.1) is 0 Å². The van der Waals surface area contributed by atoms with Gasteiger partial charge in [0.05, 0.1) is 17.8 Å². The average Bonchev–Trinajstić information content (AvgIpc) is 3.09. The van der Waals surface area contributed by atoms with Gasteiger partial charge in [-0.25, -0.2) is 0 Å². The first-order valence-electron chi connectivity index (χ1n) is 11.0. The third-order valence-electron chi connectivity index (χ3n) is 6.01. The molecular weight excluding hydrogens is 420 g/mol. The third kappa shape index (κ3) is 5.12. The van der Waals surface area contributed by atoms with Crippen molar-refractivity contribution in [3.63, 3.8) is 0 Å². The van der Waals surface area contributed by atoms with E-state index in [1.807, 2.05) is 65.9 Å². The van der Waals surface area contributed by atoms with Crippen LogP contribution in [0.4, 0.5) is 0 Å². The smallest absolute Gasteiger partial charge is 0.257 e. The number of nitrogens with zero attached hydrogens (tertiary/aromatic N) is 4. The zero-order valence-electron chi connectivity index (χ0n) is 18.7. The van der Waals surface area contributed by atoms with Gasteiger partial charge < -0.3 is 4.90 Å². The van der Waals surface area contributed by atoms with Gasteiger partial charge in [-0.1, -0.05) is 72.3 Å². The van der Waals surface area contributed by atoms with Crippen molar-refractivity contribution < 1.29 is 4.79 Å². The zero-order chi connectivity index (χ0) is 22.5. The van der Waals surface area contributed by atoms with Crippen LogP contribution >= 0.6 is 11.6 Å². The molecule has 1 aliphatic rings. The first-order chi connectivity index (χ1) is 15.5. The predicted octanol–water partition coefficient (Wildman–Crippen LogP) is 4.67. The molecule has 0 saturated carbocycles. The van der Waals surface area contributed by atoms with Gasteiger partial charge in [-0.3, -0.25) is 14.4 Å². The maximum atomic E-state index is 13.3. The van der Waals surface area contributed by atoms with Crippen LogP contribution < -0.4 is 0 Å². The molecule has 1 aliphatic heterocycles. The van der Waals surface area contributed by atoms with Gasteiger partial charge in [0.15, 0.2) is 0 Å². The molecule has 0 radical (unpaired) electrons. The minimum Gasteiger partial charge on any atom is -0.336 e. The van der Waals surface area contributed by atoms with Crippen LogP contribution in [-0.2, 0) is 6.54 Å². The van der Waals surface area contributed by atoms with E-state index in [4.69, 9.17) is 11.6 Å². The van der Waals surface area contributed by atoms with E-state index in [1.165, 1.54) is 5.56 Å². The predicted molar refractivity (Wildman–Crippen MR) is 130 cm³/mol. The number of aromatic nitrogens is 2. The molecule has 2 aromatic carbocycles. The number of carbonyl (C=O) groups is 1. The summed E-state index contributed by atoms with van der Waals surface area (Å²) in [5, 5.41) is 5.35. The van der Waals surface area contributed by atoms with Crippen LogP contribution in [0, 0.1) is 13.8 Å². The number of amides is 1. The standard InChI is InChI=1S/C26H29ClN4O/c1-20-25(21(2)31(28-20)19-23-12-6-7-13-24(23)27)26(32)30-17-15-29(16-18-30)14-8-11-22-9-4-3-5-10-22/h3-13H,14-19H2,1-2H3/b11-8+. The van der Waals surface area contributed by atoms with Gasteiger partial charge in [0.1, 0.15) is 0 Å². The van der Waals surface area contributed by atoms with E-state index in [-0.39, 0.29) is 5.91 Å². The van der Waals surface area contributed by atoms with E-state index in [1.54, 1.807) is 0 Å². The van der Waals surface area contributed by atoms with Crippen molar-refractivity contribution in [2.24, 2.45) is 0 Å². The molecule has 0 aliphatic carbocycles. The number of halogens is 1. The Morgan fingerprint density at radius 2 is 1.69 bits per heavy atom. The second-order valence-electron chi connectivity index (χ2n) is 8.20. The average molecular weight is 449 g/mol. The minimum absolute atomic E-state index is 0.0740. The Labute approximate surface area is 194 Å². The van der Waals surface area contributed by atoms with Crippen molar-refractivity contribution in [2.75, 3.05) is 32.7 Å². The summed E-state index contributed by atoms with van der Waals surface area (Å²) in [4.78, 5) is 17.6. The lowest BCUT2D eigenvalue weighted by Gasteiger charge is -2.34. The van der Waals surface area contributed by atoms with Crippen molar-refractivity contribution in [2.45, 2.75) is 20.4 Å². The molecule has 0 unspecified atom stereocenters. The van der Waals surface area contributed by atoms with Gasteiger partial charge in [-0.2, -0.15) is 5.10 Å². The van der Waals surface area contributed by atoms with Crippen molar-refractivity contribution >= 4 is 23.6 Å². The Bertz CT molecular complexity index is 1100. The van der Waals surface area contributed by atoms with Crippen LogP contribution in [-0.4, -0.2) is 58.2 Å². The quantitative estimate of drug-likeness (QED) is 0.550. The van der Waals surface area contributed by atoms with Crippen molar-refractivity contribution in [1.82, 2.24) is 19.6 Å². The molecule has 2 heterocycles. The van der Waals surface area contributed by atoms with E-state index in [0.29, 0.717) is 11.6 Å². The zero-order valence-corrected chi connectivity index (χ0v) is 19.4. The van der Waals surface area contributed by atoms with E-state index >= 15 is 0 Å². The summed E-state index contributed by atoms with van der Waals surface area (Å²) in [5.41, 5.74) is 4.58. The maximum absolute atomic E-state index is 13.3. The molecule has 1 fully saturated rings. The molecule has 1 aromatic heterocycles. The summed E-state index contributed by atoms with van der Waals surface area (Å²) in [5.74, 6) is 0.0740. The fourth-order valence-corrected chi connectivity index (χ4v) is 4.34. The summed E-state index contributed by atoms with van der Waals surface area (Å²) in [7, 11) is 0. The highest BCUT2D eigenvalue weighted by molar-refractivity contribution is 6.31. The van der Waals surface area contributed by atoms with Gasteiger partial charge in [0, 0.05) is 43.4 Å².